The van der Waals surface area contributed by atoms with Gasteiger partial charge in [0.25, 0.3) is 0 Å². The van der Waals surface area contributed by atoms with E-state index in [1.165, 1.54) is 12.1 Å². The van der Waals surface area contributed by atoms with Crippen molar-refractivity contribution in [1.29, 1.82) is 5.26 Å². The van der Waals surface area contributed by atoms with E-state index >= 15 is 8.78 Å². The molecule has 12 rings (SSSR count). The number of aromatic nitrogens is 2. The Balaban J connectivity index is 1.24. The van der Waals surface area contributed by atoms with Gasteiger partial charge in [-0.2, -0.15) is 5.26 Å². The predicted octanol–water partition coefficient (Wildman–Crippen LogP) is 16.4. The summed E-state index contributed by atoms with van der Waals surface area (Å²) in [6, 6.07) is 68.3. The molecule has 0 bridgehead atoms. The quantitative estimate of drug-likeness (QED) is 0.121. The Morgan fingerprint density at radius 3 is 1.26 bits per heavy atom. The Kier molecular flexibility index (Phi) is 8.95. The lowest BCUT2D eigenvalue weighted by Crippen LogP contribution is -2.03. The highest BCUT2D eigenvalue weighted by Crippen LogP contribution is 2.50. The van der Waals surface area contributed by atoms with Gasteiger partial charge in [-0.3, -0.25) is 0 Å². The first-order valence-electron chi connectivity index (χ1n) is 21.7. The minimum absolute atomic E-state index is 0.371. The first-order valence-corrected chi connectivity index (χ1v) is 21.7. The molecule has 66 heavy (non-hydrogen) atoms. The highest BCUT2D eigenvalue weighted by Gasteiger charge is 2.28. The molecule has 0 amide bonds. The number of halogens is 2. The molecule has 4 nitrogen and oxygen atoms in total. The van der Waals surface area contributed by atoms with Crippen molar-refractivity contribution in [2.24, 2.45) is 0 Å². The third kappa shape index (κ3) is 5.73. The molecule has 0 aliphatic heterocycles. The summed E-state index contributed by atoms with van der Waals surface area (Å²) in [5, 5.41) is 18.0. The minimum atomic E-state index is -0.375. The second-order valence-electron chi connectivity index (χ2n) is 16.4. The van der Waals surface area contributed by atoms with Crippen molar-refractivity contribution in [2.75, 3.05) is 0 Å². The summed E-state index contributed by atoms with van der Waals surface area (Å²) in [5.41, 5.74) is 9.52. The van der Waals surface area contributed by atoms with Crippen molar-refractivity contribution in [3.05, 3.63) is 235 Å². The van der Waals surface area contributed by atoms with Gasteiger partial charge < -0.3 is 9.13 Å². The third-order valence-electron chi connectivity index (χ3n) is 12.9. The van der Waals surface area contributed by atoms with E-state index in [2.05, 4.69) is 74.6 Å². The van der Waals surface area contributed by atoms with Crippen molar-refractivity contribution in [3.8, 4) is 62.2 Å². The normalized spacial score (nSPS) is 11.5. The van der Waals surface area contributed by atoms with Gasteiger partial charge >= 0.3 is 0 Å². The summed E-state index contributed by atoms with van der Waals surface area (Å²) in [6.45, 7) is 8.18. The van der Waals surface area contributed by atoms with E-state index in [9.17, 15) is 5.26 Å². The minimum Gasteiger partial charge on any atom is -0.308 e. The summed E-state index contributed by atoms with van der Waals surface area (Å²) >= 11 is 0. The van der Waals surface area contributed by atoms with Crippen molar-refractivity contribution in [2.45, 2.75) is 0 Å². The van der Waals surface area contributed by atoms with Crippen LogP contribution >= 0.6 is 0 Å². The fourth-order valence-corrected chi connectivity index (χ4v) is 10.2. The molecule has 0 N–H and O–H groups in total. The Labute approximate surface area is 378 Å². The van der Waals surface area contributed by atoms with E-state index < -0.39 is 0 Å². The molecule has 0 spiro atoms. The molecule has 10 aromatic carbocycles. The van der Waals surface area contributed by atoms with Crippen LogP contribution in [-0.2, 0) is 0 Å². The molecule has 2 heterocycles. The second-order valence-corrected chi connectivity index (χ2v) is 16.4. The molecule has 2 aromatic heterocycles. The molecular formula is C60H34F2N4. The Morgan fingerprint density at radius 2 is 0.773 bits per heavy atom. The Morgan fingerprint density at radius 1 is 0.394 bits per heavy atom. The highest BCUT2D eigenvalue weighted by molar-refractivity contribution is 6.23. The predicted molar refractivity (Wildman–Crippen MR) is 265 cm³/mol. The van der Waals surface area contributed by atoms with Gasteiger partial charge in [-0.1, -0.05) is 152 Å². The topological polar surface area (TPSA) is 38.0 Å². The van der Waals surface area contributed by atoms with E-state index in [-0.39, 0.29) is 11.6 Å². The average Bonchev–Trinajstić information content (AvgIpc) is 3.89. The molecule has 6 heteroatoms. The van der Waals surface area contributed by atoms with Crippen LogP contribution in [0.3, 0.4) is 0 Å². The van der Waals surface area contributed by atoms with Gasteiger partial charge in [0.05, 0.1) is 52.0 Å². The van der Waals surface area contributed by atoms with Crippen LogP contribution in [0.2, 0.25) is 0 Å². The van der Waals surface area contributed by atoms with Gasteiger partial charge in [0.2, 0.25) is 0 Å². The molecule has 0 saturated heterocycles. The van der Waals surface area contributed by atoms with E-state index in [0.29, 0.717) is 33.8 Å². The molecule has 0 fully saturated rings. The summed E-state index contributed by atoms with van der Waals surface area (Å²) in [7, 11) is 0. The third-order valence-corrected chi connectivity index (χ3v) is 12.9. The molecule has 0 saturated carbocycles. The SMILES string of the molecule is [C-]#[N+]c1ccccc1-c1c(-c2ccccc2F)n(-c2cc3c4ccccc4c(-n4c(-c5ccccc5F)c(-c5ccccc5C#N)c5ccccc54)cc3c3ccccc23)c2ccccc12. The van der Waals surface area contributed by atoms with Gasteiger partial charge in [-0.15, -0.1) is 0 Å². The van der Waals surface area contributed by atoms with Gasteiger partial charge in [-0.05, 0) is 81.7 Å². The highest BCUT2D eigenvalue weighted by atomic mass is 19.1. The van der Waals surface area contributed by atoms with Crippen LogP contribution < -0.4 is 0 Å². The van der Waals surface area contributed by atoms with E-state index in [4.69, 9.17) is 6.57 Å². The van der Waals surface area contributed by atoms with Gasteiger partial charge in [0, 0.05) is 49.4 Å². The van der Waals surface area contributed by atoms with Crippen LogP contribution in [-0.4, -0.2) is 9.13 Å². The lowest BCUT2D eigenvalue weighted by atomic mass is 9.93. The number of para-hydroxylation sites is 3. The molecule has 0 aliphatic carbocycles. The van der Waals surface area contributed by atoms with E-state index in [1.807, 2.05) is 121 Å². The zero-order chi connectivity index (χ0) is 44.5. The van der Waals surface area contributed by atoms with E-state index in [0.717, 1.165) is 87.8 Å². The monoisotopic (exact) mass is 848 g/mol. The molecule has 0 unspecified atom stereocenters. The number of hydrogen-bond donors (Lipinski definition) is 0. The summed E-state index contributed by atoms with van der Waals surface area (Å²) in [5.74, 6) is -0.745. The fourth-order valence-electron chi connectivity index (χ4n) is 10.2. The summed E-state index contributed by atoms with van der Waals surface area (Å²) < 4.78 is 37.3. The lowest BCUT2D eigenvalue weighted by molar-refractivity contribution is 0.630. The fraction of sp³-hybridized carbons (Fsp3) is 0. The van der Waals surface area contributed by atoms with Crippen molar-refractivity contribution < 1.29 is 8.78 Å². The van der Waals surface area contributed by atoms with E-state index in [1.54, 1.807) is 18.2 Å². The maximum Gasteiger partial charge on any atom is 0.195 e. The van der Waals surface area contributed by atoms with Gasteiger partial charge in [0.1, 0.15) is 11.6 Å². The standard InChI is InChI=1S/C60H34F2N4/c1-64-52-31-15-10-26-45(52)58-47-28-12-17-33-54(47)66(60(58)44-25-9-14-30-51(44)62)56-35-49-39-20-4-6-22-41(39)55(34-48(49)40-21-5-7-23-42(40)56)65-53-32-16-11-27-46(53)57(38-19-3-2-18-37(38)36-63)59(65)43-24-8-13-29-50(43)61/h2-35H. The summed E-state index contributed by atoms with van der Waals surface area (Å²) in [6.07, 6.45) is 0. The Bertz CT molecular complexity index is 3800. The molecule has 12 aromatic rings. The van der Waals surface area contributed by atoms with Crippen LogP contribution in [0.15, 0.2) is 206 Å². The maximum atomic E-state index is 16.5. The van der Waals surface area contributed by atoms with Gasteiger partial charge in [-0.25, -0.2) is 13.6 Å². The average molecular weight is 849 g/mol. The van der Waals surface area contributed by atoms with Crippen molar-refractivity contribution in [3.63, 3.8) is 0 Å². The van der Waals surface area contributed by atoms with Crippen LogP contribution in [0.25, 0.3) is 115 Å². The van der Waals surface area contributed by atoms with Crippen LogP contribution in [0, 0.1) is 29.5 Å². The largest absolute Gasteiger partial charge is 0.308 e. The smallest absolute Gasteiger partial charge is 0.195 e. The van der Waals surface area contributed by atoms with Crippen LogP contribution in [0.5, 0.6) is 0 Å². The molecule has 0 atom stereocenters. The zero-order valence-electron chi connectivity index (χ0n) is 35.2. The van der Waals surface area contributed by atoms with Crippen molar-refractivity contribution >= 4 is 59.8 Å². The number of fused-ring (bicyclic) bond motifs is 7. The van der Waals surface area contributed by atoms with Crippen molar-refractivity contribution in [1.82, 2.24) is 9.13 Å². The number of rotatable bonds is 6. The number of nitrogens with zero attached hydrogens (tertiary/aromatic N) is 4. The molecule has 308 valence electrons. The van der Waals surface area contributed by atoms with Crippen LogP contribution in [0.4, 0.5) is 14.5 Å². The second kappa shape index (κ2) is 15.3. The number of nitriles is 1. The number of benzene rings is 10. The first kappa shape index (κ1) is 38.6. The zero-order valence-corrected chi connectivity index (χ0v) is 35.2. The molecular weight excluding hydrogens is 815 g/mol. The summed E-state index contributed by atoms with van der Waals surface area (Å²) in [4.78, 5) is 3.94. The lowest BCUT2D eigenvalue weighted by Gasteiger charge is -2.21. The van der Waals surface area contributed by atoms with Gasteiger partial charge in [0.15, 0.2) is 5.69 Å². The number of hydrogen-bond acceptors (Lipinski definition) is 1. The maximum absolute atomic E-state index is 16.5. The molecule has 0 aliphatic rings. The van der Waals surface area contributed by atoms with Crippen LogP contribution in [0.1, 0.15) is 5.56 Å². The first-order chi connectivity index (χ1) is 32.6. The Hall–Kier alpha value is -9.10. The molecule has 0 radical (unpaired) electrons.